The van der Waals surface area contributed by atoms with E-state index >= 15 is 0 Å². The maximum Gasteiger partial charge on any atom is 0.206 e. The molecule has 0 radical (unpaired) electrons. The van der Waals surface area contributed by atoms with Crippen LogP contribution in [0.2, 0.25) is 0 Å². The summed E-state index contributed by atoms with van der Waals surface area (Å²) in [6.45, 7) is 8.78. The lowest BCUT2D eigenvalue weighted by molar-refractivity contribution is -0.486. The van der Waals surface area contributed by atoms with Gasteiger partial charge >= 0.3 is 0 Å². The van der Waals surface area contributed by atoms with Crippen LogP contribution >= 0.6 is 0 Å². The van der Waals surface area contributed by atoms with Gasteiger partial charge in [0.15, 0.2) is 5.78 Å². The van der Waals surface area contributed by atoms with Crippen LogP contribution in [0.5, 0.6) is 0 Å². The van der Waals surface area contributed by atoms with E-state index in [1.54, 1.807) is 0 Å². The molecular formula is C24H30O5. The molecule has 2 heterocycles. The molecule has 7 aliphatic rings. The van der Waals surface area contributed by atoms with Gasteiger partial charge in [0, 0.05) is 22.8 Å². The molecule has 5 heteroatoms. The predicted octanol–water partition coefficient (Wildman–Crippen LogP) is 2.41. The van der Waals surface area contributed by atoms with Gasteiger partial charge in [-0.05, 0) is 49.4 Å². The van der Waals surface area contributed by atoms with Crippen molar-refractivity contribution in [3.8, 4) is 12.5 Å². The van der Waals surface area contributed by atoms with Gasteiger partial charge < -0.3 is 19.7 Å². The van der Waals surface area contributed by atoms with Gasteiger partial charge in [0.1, 0.15) is 23.7 Å². The molecule has 156 valence electrons. The van der Waals surface area contributed by atoms with E-state index in [2.05, 4.69) is 26.9 Å². The van der Waals surface area contributed by atoms with E-state index in [0.29, 0.717) is 5.92 Å². The highest BCUT2D eigenvalue weighted by molar-refractivity contribution is 6.13. The summed E-state index contributed by atoms with van der Waals surface area (Å²) in [6, 6.07) is 0. The molecule has 2 spiro atoms. The lowest BCUT2D eigenvalue weighted by Crippen LogP contribution is -2.93. The first-order valence-electron chi connectivity index (χ1n) is 11.0. The normalized spacial score (nSPS) is 58.2. The summed E-state index contributed by atoms with van der Waals surface area (Å²) >= 11 is 0. The van der Waals surface area contributed by atoms with Crippen molar-refractivity contribution in [2.75, 3.05) is 6.61 Å². The Labute approximate surface area is 171 Å². The van der Waals surface area contributed by atoms with Crippen molar-refractivity contribution in [3.05, 3.63) is 11.1 Å². The van der Waals surface area contributed by atoms with Crippen LogP contribution in [0, 0.1) is 51.9 Å². The second-order valence-corrected chi connectivity index (χ2v) is 11.4. The monoisotopic (exact) mass is 398 g/mol. The maximum atomic E-state index is 13.8. The quantitative estimate of drug-likeness (QED) is 0.664. The summed E-state index contributed by atoms with van der Waals surface area (Å²) in [4.78, 5) is 13.8. The Hall–Kier alpha value is -1.35. The number of hydrogen-bond donors (Lipinski definition) is 2. The van der Waals surface area contributed by atoms with Gasteiger partial charge in [-0.25, -0.2) is 0 Å². The Morgan fingerprint density at radius 3 is 2.66 bits per heavy atom. The molecule has 7 rings (SSSR count). The molecule has 4 saturated carbocycles. The zero-order valence-electron chi connectivity index (χ0n) is 17.6. The number of Topliss-reactive ketones (excluding diaryl/α,β-unsaturated/α-hetero) is 1. The number of carbonyl (C=O) groups is 1. The fraction of sp³-hybridized carbons (Fsp3) is 0.792. The highest BCUT2D eigenvalue weighted by Crippen LogP contribution is 2.86. The number of aliphatic hydroxyl groups is 2. The zero-order valence-corrected chi connectivity index (χ0v) is 17.6. The smallest absolute Gasteiger partial charge is 0.206 e. The van der Waals surface area contributed by atoms with Crippen molar-refractivity contribution >= 4 is 5.78 Å². The fourth-order valence-corrected chi connectivity index (χ4v) is 9.61. The standard InChI is InChI=1S/C24H30O5/c1-6-28-14-8-9-20(3,4)17-19(26)24(27)23-16-13(12(2)15(16)18(23)25)7-10-21(23,5)22(14,17)11-29-24/h1,13-14,16-17,19,26-27H,7-11H2,2-5H3. The van der Waals surface area contributed by atoms with E-state index in [4.69, 9.17) is 15.9 Å². The van der Waals surface area contributed by atoms with Crippen molar-refractivity contribution < 1.29 is 24.5 Å². The number of fused-ring (bicyclic) bond motifs is 1. The Balaban J connectivity index is 1.66. The first kappa shape index (κ1) is 18.4. The highest BCUT2D eigenvalue weighted by Gasteiger charge is 2.94. The molecule has 0 aromatic rings. The molecule has 5 nitrogen and oxygen atoms in total. The Kier molecular flexibility index (Phi) is 3.03. The first-order chi connectivity index (χ1) is 13.6. The molecule has 0 aromatic carbocycles. The molecule has 2 aliphatic heterocycles. The number of carbonyl (C=O) groups excluding carboxylic acids is 1. The van der Waals surface area contributed by atoms with Gasteiger partial charge in [0.25, 0.3) is 0 Å². The van der Waals surface area contributed by atoms with Crippen molar-refractivity contribution in [2.24, 2.45) is 39.4 Å². The number of aliphatic hydroxyl groups excluding tert-OH is 1. The molecule has 5 aliphatic carbocycles. The molecule has 0 aromatic heterocycles. The summed E-state index contributed by atoms with van der Waals surface area (Å²) in [6.07, 6.45) is 9.95. The van der Waals surface area contributed by atoms with E-state index in [1.165, 1.54) is 5.57 Å². The largest absolute Gasteiger partial charge is 0.443 e. The molecule has 9 unspecified atom stereocenters. The summed E-state index contributed by atoms with van der Waals surface area (Å²) < 4.78 is 12.0. The third-order valence-electron chi connectivity index (χ3n) is 10.7. The highest BCUT2D eigenvalue weighted by atomic mass is 16.6. The minimum Gasteiger partial charge on any atom is -0.443 e. The SMILES string of the molecule is C#COC1CCC(C)(C)C2C(O)C3(O)OCC12C1(C)CCC2C(C)=C4C(=O)C31C42. The lowest BCUT2D eigenvalue weighted by atomic mass is 9.21. The van der Waals surface area contributed by atoms with E-state index < -0.39 is 28.1 Å². The van der Waals surface area contributed by atoms with Crippen LogP contribution < -0.4 is 0 Å². The van der Waals surface area contributed by atoms with Crippen LogP contribution in [0.15, 0.2) is 11.1 Å². The minimum atomic E-state index is -1.85. The molecular weight excluding hydrogens is 368 g/mol. The lowest BCUT2D eigenvalue weighted by Gasteiger charge is -2.84. The van der Waals surface area contributed by atoms with Gasteiger partial charge in [0.2, 0.25) is 5.79 Å². The van der Waals surface area contributed by atoms with Crippen LogP contribution in [0.4, 0.5) is 0 Å². The number of hydrogen-bond acceptors (Lipinski definition) is 5. The van der Waals surface area contributed by atoms with Crippen LogP contribution in [-0.2, 0) is 14.3 Å². The predicted molar refractivity (Wildman–Crippen MR) is 104 cm³/mol. The summed E-state index contributed by atoms with van der Waals surface area (Å²) in [5.41, 5.74) is -0.445. The number of allylic oxidation sites excluding steroid dienone is 2. The molecule has 6 fully saturated rings. The van der Waals surface area contributed by atoms with E-state index in [1.807, 2.05) is 6.92 Å². The number of terminal acetylenes is 1. The topological polar surface area (TPSA) is 76.0 Å². The van der Waals surface area contributed by atoms with E-state index in [-0.39, 0.29) is 35.7 Å². The van der Waals surface area contributed by atoms with Crippen molar-refractivity contribution in [1.29, 1.82) is 0 Å². The van der Waals surface area contributed by atoms with E-state index in [9.17, 15) is 15.0 Å². The van der Waals surface area contributed by atoms with Gasteiger partial charge in [0.05, 0.1) is 6.61 Å². The summed E-state index contributed by atoms with van der Waals surface area (Å²) in [5.74, 6) is -1.85. The van der Waals surface area contributed by atoms with Crippen molar-refractivity contribution in [2.45, 2.75) is 71.4 Å². The number of ether oxygens (including phenoxy) is 2. The maximum absolute atomic E-state index is 13.8. The van der Waals surface area contributed by atoms with Crippen molar-refractivity contribution in [1.82, 2.24) is 0 Å². The number of rotatable bonds is 1. The van der Waals surface area contributed by atoms with Crippen LogP contribution in [0.3, 0.4) is 0 Å². The summed E-state index contributed by atoms with van der Waals surface area (Å²) in [7, 11) is 0. The van der Waals surface area contributed by atoms with Crippen LogP contribution in [0.1, 0.15) is 53.4 Å². The fourth-order valence-electron chi connectivity index (χ4n) is 9.61. The number of ketones is 1. The third kappa shape index (κ3) is 1.40. The molecule has 9 atom stereocenters. The van der Waals surface area contributed by atoms with Gasteiger partial charge in [-0.3, -0.25) is 4.79 Å². The average Bonchev–Trinajstić information content (AvgIpc) is 2.64. The second kappa shape index (κ2) is 4.77. The Morgan fingerprint density at radius 2 is 1.97 bits per heavy atom. The Morgan fingerprint density at radius 1 is 1.24 bits per heavy atom. The minimum absolute atomic E-state index is 0.0136. The average molecular weight is 398 g/mol. The molecule has 2 bridgehead atoms. The zero-order chi connectivity index (χ0) is 20.8. The molecule has 29 heavy (non-hydrogen) atoms. The molecule has 2 saturated heterocycles. The third-order valence-corrected chi connectivity index (χ3v) is 10.7. The van der Waals surface area contributed by atoms with E-state index in [0.717, 1.165) is 31.3 Å². The van der Waals surface area contributed by atoms with Gasteiger partial charge in [-0.2, -0.15) is 0 Å². The molecule has 0 amide bonds. The molecule has 2 N–H and O–H groups in total. The van der Waals surface area contributed by atoms with Crippen molar-refractivity contribution in [3.63, 3.8) is 0 Å². The van der Waals surface area contributed by atoms with Gasteiger partial charge in [-0.1, -0.05) is 32.8 Å². The Bertz CT molecular complexity index is 928. The van der Waals surface area contributed by atoms with Gasteiger partial charge in [-0.15, -0.1) is 0 Å². The van der Waals surface area contributed by atoms with Crippen LogP contribution in [-0.4, -0.2) is 40.6 Å². The first-order valence-corrected chi connectivity index (χ1v) is 11.0. The second-order valence-electron chi connectivity index (χ2n) is 11.4. The summed E-state index contributed by atoms with van der Waals surface area (Å²) in [5, 5.41) is 23.7. The van der Waals surface area contributed by atoms with Crippen LogP contribution in [0.25, 0.3) is 0 Å².